The maximum absolute atomic E-state index is 11.9. The molecular formula is C13H13N3O2S. The van der Waals surface area contributed by atoms with Gasteiger partial charge in [0.15, 0.2) is 0 Å². The maximum Gasteiger partial charge on any atom is 0.315 e. The first-order chi connectivity index (χ1) is 9.29. The predicted octanol–water partition coefficient (Wildman–Crippen LogP) is 2.19. The van der Waals surface area contributed by atoms with Crippen molar-refractivity contribution in [1.29, 1.82) is 0 Å². The van der Waals surface area contributed by atoms with E-state index in [1.165, 1.54) is 11.2 Å². The Kier molecular flexibility index (Phi) is 3.25. The third kappa shape index (κ3) is 2.23. The number of aromatic nitrogens is 3. The molecule has 0 saturated carbocycles. The van der Waals surface area contributed by atoms with Crippen LogP contribution in [0.3, 0.4) is 0 Å². The summed E-state index contributed by atoms with van der Waals surface area (Å²) >= 11 is 1.61. The van der Waals surface area contributed by atoms with Crippen LogP contribution >= 0.6 is 11.3 Å². The molecular weight excluding hydrogens is 262 g/mol. The van der Waals surface area contributed by atoms with Crippen molar-refractivity contribution in [2.24, 2.45) is 0 Å². The zero-order chi connectivity index (χ0) is 13.2. The molecule has 0 radical (unpaired) electrons. The van der Waals surface area contributed by atoms with E-state index in [1.807, 2.05) is 13.0 Å². The van der Waals surface area contributed by atoms with Crippen LogP contribution < -0.4 is 0 Å². The van der Waals surface area contributed by atoms with E-state index in [4.69, 9.17) is 4.74 Å². The number of aryl methyl sites for hydroxylation is 1. The van der Waals surface area contributed by atoms with E-state index >= 15 is 0 Å². The molecule has 0 N–H and O–H groups in total. The number of thiazole rings is 1. The Morgan fingerprint density at radius 3 is 3.21 bits per heavy atom. The van der Waals surface area contributed by atoms with Crippen LogP contribution in [-0.2, 0) is 16.0 Å². The first-order valence-electron chi connectivity index (χ1n) is 6.22. The molecule has 98 valence electrons. The highest BCUT2D eigenvalue weighted by Crippen LogP contribution is 2.39. The molecule has 0 amide bonds. The van der Waals surface area contributed by atoms with Crippen LogP contribution in [0.25, 0.3) is 10.7 Å². The van der Waals surface area contributed by atoms with Gasteiger partial charge in [0.2, 0.25) is 0 Å². The molecule has 0 saturated heterocycles. The minimum absolute atomic E-state index is 0.166. The van der Waals surface area contributed by atoms with Gasteiger partial charge in [0.1, 0.15) is 22.9 Å². The second-order valence-corrected chi connectivity index (χ2v) is 5.35. The summed E-state index contributed by atoms with van der Waals surface area (Å²) in [4.78, 5) is 25.7. The van der Waals surface area contributed by atoms with E-state index in [0.717, 1.165) is 29.2 Å². The van der Waals surface area contributed by atoms with Crippen LogP contribution in [0, 0.1) is 0 Å². The third-order valence-corrected chi connectivity index (χ3v) is 4.24. The summed E-state index contributed by atoms with van der Waals surface area (Å²) in [7, 11) is 0. The Bertz CT molecular complexity index is 597. The molecule has 1 atom stereocenters. The van der Waals surface area contributed by atoms with Gasteiger partial charge in [-0.15, -0.1) is 11.3 Å². The first-order valence-corrected chi connectivity index (χ1v) is 7.04. The molecule has 0 aromatic carbocycles. The van der Waals surface area contributed by atoms with E-state index in [-0.39, 0.29) is 11.9 Å². The zero-order valence-electron chi connectivity index (χ0n) is 10.5. The fourth-order valence-corrected chi connectivity index (χ4v) is 3.34. The summed E-state index contributed by atoms with van der Waals surface area (Å²) in [5.41, 5.74) is 1.68. The van der Waals surface area contributed by atoms with Crippen LogP contribution in [0.5, 0.6) is 0 Å². The summed E-state index contributed by atoms with van der Waals surface area (Å²) in [6.07, 6.45) is 4.89. The molecule has 1 unspecified atom stereocenters. The maximum atomic E-state index is 11.9. The Balaban J connectivity index is 1.91. The van der Waals surface area contributed by atoms with Crippen molar-refractivity contribution in [2.75, 3.05) is 6.61 Å². The Morgan fingerprint density at radius 2 is 2.47 bits per heavy atom. The number of ether oxygens (including phenoxy) is 1. The average molecular weight is 275 g/mol. The summed E-state index contributed by atoms with van der Waals surface area (Å²) in [5, 5.41) is 0.849. The molecule has 2 aromatic heterocycles. The largest absolute Gasteiger partial charge is 0.465 e. The average Bonchev–Trinajstić information content (AvgIpc) is 2.99. The quantitative estimate of drug-likeness (QED) is 0.803. The van der Waals surface area contributed by atoms with Crippen LogP contribution in [0.15, 0.2) is 18.6 Å². The molecule has 0 aliphatic heterocycles. The monoisotopic (exact) mass is 275 g/mol. The van der Waals surface area contributed by atoms with Gasteiger partial charge in [-0.25, -0.2) is 15.0 Å². The van der Waals surface area contributed by atoms with Gasteiger partial charge in [-0.05, 0) is 25.8 Å². The molecule has 5 nitrogen and oxygen atoms in total. The summed E-state index contributed by atoms with van der Waals surface area (Å²) in [6, 6.07) is 1.83. The molecule has 2 aromatic rings. The third-order valence-electron chi connectivity index (χ3n) is 3.09. The van der Waals surface area contributed by atoms with Gasteiger partial charge in [0, 0.05) is 11.1 Å². The molecule has 0 bridgehead atoms. The normalized spacial score (nSPS) is 17.2. The second-order valence-electron chi connectivity index (χ2n) is 4.27. The van der Waals surface area contributed by atoms with Crippen molar-refractivity contribution in [3.63, 3.8) is 0 Å². The highest BCUT2D eigenvalue weighted by atomic mass is 32.1. The Labute approximate surface area is 114 Å². The van der Waals surface area contributed by atoms with E-state index < -0.39 is 0 Å². The second kappa shape index (κ2) is 5.05. The number of nitrogens with zero attached hydrogens (tertiary/aromatic N) is 3. The smallest absolute Gasteiger partial charge is 0.315 e. The number of fused-ring (bicyclic) bond motifs is 1. The van der Waals surface area contributed by atoms with Crippen molar-refractivity contribution >= 4 is 17.3 Å². The zero-order valence-corrected chi connectivity index (χ0v) is 11.3. The molecule has 0 spiro atoms. The van der Waals surface area contributed by atoms with Crippen molar-refractivity contribution in [3.8, 4) is 10.7 Å². The molecule has 2 heterocycles. The van der Waals surface area contributed by atoms with Gasteiger partial charge in [-0.1, -0.05) is 0 Å². The molecule has 1 aliphatic rings. The summed E-state index contributed by atoms with van der Waals surface area (Å²) < 4.78 is 5.10. The SMILES string of the molecule is CCOC(=O)C1CCc2sc(-c3ccncn3)nc21. The predicted molar refractivity (Wildman–Crippen MR) is 70.8 cm³/mol. The molecule has 0 fully saturated rings. The first kappa shape index (κ1) is 12.2. The van der Waals surface area contributed by atoms with Gasteiger partial charge < -0.3 is 4.74 Å². The van der Waals surface area contributed by atoms with E-state index in [0.29, 0.717) is 6.61 Å². The Hall–Kier alpha value is -1.82. The summed E-state index contributed by atoms with van der Waals surface area (Å²) in [5.74, 6) is -0.373. The molecule has 19 heavy (non-hydrogen) atoms. The lowest BCUT2D eigenvalue weighted by Crippen LogP contribution is -2.14. The molecule has 6 heteroatoms. The van der Waals surface area contributed by atoms with Crippen LogP contribution in [0.1, 0.15) is 29.8 Å². The van der Waals surface area contributed by atoms with Crippen LogP contribution in [-0.4, -0.2) is 27.5 Å². The lowest BCUT2D eigenvalue weighted by molar-refractivity contribution is -0.145. The standard InChI is InChI=1S/C13H13N3O2S/c1-2-18-13(17)8-3-4-10-11(8)16-12(19-10)9-5-6-14-7-15-9/h5-8H,2-4H2,1H3. The number of hydrogen-bond donors (Lipinski definition) is 0. The highest BCUT2D eigenvalue weighted by Gasteiger charge is 2.33. The topological polar surface area (TPSA) is 65.0 Å². The fraction of sp³-hybridized carbons (Fsp3) is 0.385. The minimum atomic E-state index is -0.207. The number of hydrogen-bond acceptors (Lipinski definition) is 6. The van der Waals surface area contributed by atoms with Gasteiger partial charge in [-0.3, -0.25) is 4.79 Å². The molecule has 3 rings (SSSR count). The fourth-order valence-electron chi connectivity index (χ4n) is 2.23. The number of esters is 1. The van der Waals surface area contributed by atoms with Gasteiger partial charge in [0.05, 0.1) is 12.3 Å². The van der Waals surface area contributed by atoms with Gasteiger partial charge >= 0.3 is 5.97 Å². The van der Waals surface area contributed by atoms with Crippen molar-refractivity contribution in [2.45, 2.75) is 25.7 Å². The lowest BCUT2D eigenvalue weighted by atomic mass is 10.1. The number of carbonyl (C=O) groups is 1. The number of carbonyl (C=O) groups excluding carboxylic acids is 1. The highest BCUT2D eigenvalue weighted by molar-refractivity contribution is 7.15. The summed E-state index contributed by atoms with van der Waals surface area (Å²) in [6.45, 7) is 2.23. The van der Waals surface area contributed by atoms with E-state index in [1.54, 1.807) is 17.5 Å². The van der Waals surface area contributed by atoms with Crippen molar-refractivity contribution in [3.05, 3.63) is 29.2 Å². The lowest BCUT2D eigenvalue weighted by Gasteiger charge is -2.07. The van der Waals surface area contributed by atoms with E-state index in [2.05, 4.69) is 15.0 Å². The van der Waals surface area contributed by atoms with Gasteiger partial charge in [0.25, 0.3) is 0 Å². The van der Waals surface area contributed by atoms with Crippen molar-refractivity contribution < 1.29 is 9.53 Å². The van der Waals surface area contributed by atoms with Crippen molar-refractivity contribution in [1.82, 2.24) is 15.0 Å². The van der Waals surface area contributed by atoms with Gasteiger partial charge in [-0.2, -0.15) is 0 Å². The molecule has 1 aliphatic carbocycles. The van der Waals surface area contributed by atoms with E-state index in [9.17, 15) is 4.79 Å². The minimum Gasteiger partial charge on any atom is -0.465 e. The van der Waals surface area contributed by atoms with Crippen LogP contribution in [0.2, 0.25) is 0 Å². The Morgan fingerprint density at radius 1 is 1.58 bits per heavy atom. The van der Waals surface area contributed by atoms with Crippen LogP contribution in [0.4, 0.5) is 0 Å². The number of rotatable bonds is 3.